The Morgan fingerprint density at radius 2 is 1.95 bits per heavy atom. The van der Waals surface area contributed by atoms with Crippen molar-refractivity contribution in [3.8, 4) is 0 Å². The van der Waals surface area contributed by atoms with Crippen molar-refractivity contribution in [3.63, 3.8) is 0 Å². The van der Waals surface area contributed by atoms with Crippen LogP contribution >= 0.6 is 42.6 Å². The molecular weight excluding hydrogens is 405 g/mol. The second-order valence-corrected chi connectivity index (χ2v) is 9.94. The molecule has 1 aliphatic heterocycles. The maximum atomic E-state index is 12.8. The number of hydrogen-bond donors (Lipinski definition) is 1. The van der Waals surface area contributed by atoms with Crippen LogP contribution in [-0.4, -0.2) is 66.0 Å². The molecule has 126 valence electrons. The van der Waals surface area contributed by atoms with Crippen molar-refractivity contribution in [2.75, 3.05) is 43.0 Å². The van der Waals surface area contributed by atoms with Crippen LogP contribution in [0.4, 0.5) is 0 Å². The largest absolute Gasteiger partial charge is 1.00 e. The molecular formula is C9H18Cl2N2NaO5PS2. The predicted octanol–water partition coefficient (Wildman–Crippen LogP) is -1.51. The van der Waals surface area contributed by atoms with Gasteiger partial charge in [0.1, 0.15) is 0 Å². The molecule has 1 aliphatic rings. The Labute approximate surface area is 167 Å². The van der Waals surface area contributed by atoms with Crippen LogP contribution < -0.4 is 34.6 Å². The van der Waals surface area contributed by atoms with Gasteiger partial charge in [-0.3, -0.25) is 4.57 Å². The van der Waals surface area contributed by atoms with E-state index in [1.54, 1.807) is 4.67 Å². The van der Waals surface area contributed by atoms with E-state index in [9.17, 15) is 17.5 Å². The number of thioether (sulfide) groups is 1. The summed E-state index contributed by atoms with van der Waals surface area (Å²) >= 11 is 12.6. The van der Waals surface area contributed by atoms with E-state index in [-0.39, 0.29) is 59.1 Å². The Balaban J connectivity index is 0.00000441. The van der Waals surface area contributed by atoms with Gasteiger partial charge in [-0.15, -0.1) is 35.0 Å². The zero-order valence-corrected chi connectivity index (χ0v) is 18.3. The number of hydrogen-bond acceptors (Lipinski definition) is 6. The predicted molar refractivity (Wildman–Crippen MR) is 85.1 cm³/mol. The molecule has 1 N–H and O–H groups in total. The summed E-state index contributed by atoms with van der Waals surface area (Å²) in [5, 5.41) is 2.66. The molecule has 1 heterocycles. The van der Waals surface area contributed by atoms with Crippen LogP contribution in [0.25, 0.3) is 0 Å². The average Bonchev–Trinajstić information content (AvgIpc) is 2.37. The minimum Gasteiger partial charge on any atom is -0.748 e. The molecule has 22 heavy (non-hydrogen) atoms. The van der Waals surface area contributed by atoms with Crippen LogP contribution in [0.2, 0.25) is 0 Å². The smallest absolute Gasteiger partial charge is 0.748 e. The Morgan fingerprint density at radius 1 is 1.36 bits per heavy atom. The van der Waals surface area contributed by atoms with Gasteiger partial charge >= 0.3 is 37.2 Å². The van der Waals surface area contributed by atoms with E-state index in [1.165, 1.54) is 11.8 Å². The van der Waals surface area contributed by atoms with Crippen molar-refractivity contribution in [1.29, 1.82) is 0 Å². The Kier molecular flexibility index (Phi) is 12.6. The van der Waals surface area contributed by atoms with Crippen LogP contribution in [0.3, 0.4) is 0 Å². The SMILES string of the molecule is O=[P@]1(N(CCCl)CCCl)N[C@@H](SCCS(=O)(=O)[O-])CCO1.[Na+]. The third-order valence-electron chi connectivity index (χ3n) is 2.66. The molecule has 0 unspecified atom stereocenters. The van der Waals surface area contributed by atoms with Gasteiger partial charge in [0.15, 0.2) is 0 Å². The molecule has 0 bridgehead atoms. The molecule has 0 aromatic carbocycles. The number of nitrogens with zero attached hydrogens (tertiary/aromatic N) is 1. The first kappa shape index (κ1) is 23.9. The molecule has 1 fully saturated rings. The molecule has 0 saturated carbocycles. The van der Waals surface area contributed by atoms with Crippen molar-refractivity contribution < 1.29 is 51.6 Å². The third kappa shape index (κ3) is 8.87. The molecule has 13 heteroatoms. The summed E-state index contributed by atoms with van der Waals surface area (Å²) in [5.41, 5.74) is 0. The molecule has 1 saturated heterocycles. The first-order valence-corrected chi connectivity index (χ1v) is 11.5. The monoisotopic (exact) mass is 422 g/mol. The Morgan fingerprint density at radius 3 is 2.45 bits per heavy atom. The summed E-state index contributed by atoms with van der Waals surface area (Å²) < 4.78 is 51.4. The van der Waals surface area contributed by atoms with E-state index < -0.39 is 23.5 Å². The topological polar surface area (TPSA) is 98.8 Å². The van der Waals surface area contributed by atoms with Crippen LogP contribution in [0.1, 0.15) is 6.42 Å². The van der Waals surface area contributed by atoms with Gasteiger partial charge in [-0.2, -0.15) is 0 Å². The van der Waals surface area contributed by atoms with Gasteiger partial charge in [0.2, 0.25) is 0 Å². The van der Waals surface area contributed by atoms with Crippen molar-refractivity contribution in [1.82, 2.24) is 9.76 Å². The fourth-order valence-corrected chi connectivity index (χ4v) is 6.78. The molecule has 1 rings (SSSR count). The maximum absolute atomic E-state index is 12.8. The summed E-state index contributed by atoms with van der Waals surface area (Å²) in [6.45, 7) is 1.02. The van der Waals surface area contributed by atoms with E-state index in [1.807, 2.05) is 0 Å². The summed E-state index contributed by atoms with van der Waals surface area (Å²) in [4.78, 5) is 0. The second kappa shape index (κ2) is 11.5. The van der Waals surface area contributed by atoms with Gasteiger partial charge < -0.3 is 9.08 Å². The van der Waals surface area contributed by atoms with Crippen LogP contribution in [0.15, 0.2) is 0 Å². The molecule has 7 nitrogen and oxygen atoms in total. The van der Waals surface area contributed by atoms with Crippen molar-refractivity contribution in [3.05, 3.63) is 0 Å². The molecule has 2 atom stereocenters. The quantitative estimate of drug-likeness (QED) is 0.207. The first-order valence-electron chi connectivity index (χ1n) is 6.25. The Hall–Kier alpha value is 1.95. The van der Waals surface area contributed by atoms with Gasteiger partial charge in [-0.1, -0.05) is 0 Å². The number of halogens is 2. The number of alkyl halides is 2. The fraction of sp³-hybridized carbons (Fsp3) is 1.00. The molecule has 0 amide bonds. The van der Waals surface area contributed by atoms with Gasteiger partial charge in [0.25, 0.3) is 0 Å². The molecule has 0 aromatic heterocycles. The Bertz CT molecular complexity index is 467. The van der Waals surface area contributed by atoms with Gasteiger partial charge in [-0.25, -0.2) is 18.2 Å². The van der Waals surface area contributed by atoms with E-state index in [4.69, 9.17) is 27.7 Å². The summed E-state index contributed by atoms with van der Waals surface area (Å²) in [6, 6.07) is 0. The zero-order chi connectivity index (χ0) is 15.9. The maximum Gasteiger partial charge on any atom is 1.00 e. The van der Waals surface area contributed by atoms with E-state index >= 15 is 0 Å². The number of nitrogens with one attached hydrogen (secondary N) is 1. The summed E-state index contributed by atoms with van der Waals surface area (Å²) in [7, 11) is -7.46. The van der Waals surface area contributed by atoms with E-state index in [2.05, 4.69) is 5.09 Å². The van der Waals surface area contributed by atoms with E-state index in [0.717, 1.165) is 0 Å². The average molecular weight is 423 g/mol. The van der Waals surface area contributed by atoms with Crippen molar-refractivity contribution in [2.45, 2.75) is 11.8 Å². The van der Waals surface area contributed by atoms with Crippen molar-refractivity contribution >= 4 is 52.8 Å². The second-order valence-electron chi connectivity index (χ2n) is 4.22. The molecule has 0 aliphatic carbocycles. The minimum absolute atomic E-state index is 0. The van der Waals surface area contributed by atoms with E-state index in [0.29, 0.717) is 19.5 Å². The summed E-state index contributed by atoms with van der Waals surface area (Å²) in [6.07, 6.45) is 0.573. The van der Waals surface area contributed by atoms with Gasteiger partial charge in [0, 0.05) is 36.4 Å². The van der Waals surface area contributed by atoms with Gasteiger partial charge in [-0.05, 0) is 6.42 Å². The zero-order valence-electron chi connectivity index (χ0n) is 12.2. The molecule has 0 radical (unpaired) electrons. The van der Waals surface area contributed by atoms with Crippen LogP contribution in [0.5, 0.6) is 0 Å². The first-order chi connectivity index (χ1) is 9.80. The fourth-order valence-electron chi connectivity index (χ4n) is 1.71. The minimum atomic E-state index is -4.23. The van der Waals surface area contributed by atoms with Crippen LogP contribution in [-0.2, 0) is 19.2 Å². The standard InChI is InChI=1S/C9H19Cl2N2O5PS2.Na/c10-2-4-13(5-3-11)19(14)12-9(1-6-18-19)20-7-8-21(15,16)17;/h9H,1-8H2,(H,12,14)(H,15,16,17);/q;+1/p-1/t9-,19+;/m0./s1. The van der Waals surface area contributed by atoms with Crippen molar-refractivity contribution in [2.24, 2.45) is 0 Å². The van der Waals surface area contributed by atoms with Gasteiger partial charge in [0.05, 0.1) is 22.1 Å². The third-order valence-corrected chi connectivity index (χ3v) is 7.65. The molecule has 0 aromatic rings. The number of rotatable bonds is 9. The summed E-state index contributed by atoms with van der Waals surface area (Å²) in [5.74, 6) is 0.277. The van der Waals surface area contributed by atoms with Crippen LogP contribution in [0, 0.1) is 0 Å². The molecule has 0 spiro atoms. The normalized spacial score (nSPS) is 25.9.